The zero-order valence-corrected chi connectivity index (χ0v) is 15.6. The lowest BCUT2D eigenvalue weighted by Gasteiger charge is -2.31. The van der Waals surface area contributed by atoms with Gasteiger partial charge in [0.05, 0.1) is 11.2 Å². The standard InChI is InChI=1S/C15H20ClN3O5S/c1-17(10-12-9-13(19(21)22)3-4-14(12)16)15(20)11-5-7-18(8-6-11)25(2,23)24/h3-4,9,11H,5-8,10H2,1-2H3. The second-order valence-electron chi connectivity index (χ2n) is 6.16. The molecule has 1 saturated heterocycles. The minimum Gasteiger partial charge on any atom is -0.341 e. The van der Waals surface area contributed by atoms with E-state index in [4.69, 9.17) is 11.6 Å². The van der Waals surface area contributed by atoms with Gasteiger partial charge in [-0.25, -0.2) is 12.7 Å². The molecule has 138 valence electrons. The number of nitro benzene ring substituents is 1. The van der Waals surface area contributed by atoms with Gasteiger partial charge in [-0.05, 0) is 24.5 Å². The summed E-state index contributed by atoms with van der Waals surface area (Å²) >= 11 is 6.07. The Morgan fingerprint density at radius 1 is 1.40 bits per heavy atom. The van der Waals surface area contributed by atoms with Crippen LogP contribution >= 0.6 is 11.6 Å². The number of nitrogens with zero attached hydrogens (tertiary/aromatic N) is 3. The molecule has 0 bridgehead atoms. The van der Waals surface area contributed by atoms with Crippen LogP contribution in [0, 0.1) is 16.0 Å². The van der Waals surface area contributed by atoms with Gasteiger partial charge in [0.2, 0.25) is 15.9 Å². The predicted molar refractivity (Wildman–Crippen MR) is 93.7 cm³/mol. The highest BCUT2D eigenvalue weighted by atomic mass is 35.5. The van der Waals surface area contributed by atoms with Crippen molar-refractivity contribution in [1.82, 2.24) is 9.21 Å². The van der Waals surface area contributed by atoms with E-state index in [-0.39, 0.29) is 24.1 Å². The zero-order chi connectivity index (χ0) is 18.8. The molecule has 0 spiro atoms. The second-order valence-corrected chi connectivity index (χ2v) is 8.55. The third kappa shape index (κ3) is 4.90. The molecular formula is C15H20ClN3O5S. The van der Waals surface area contributed by atoms with Crippen molar-refractivity contribution in [2.75, 3.05) is 26.4 Å². The molecule has 2 rings (SSSR count). The van der Waals surface area contributed by atoms with E-state index in [1.54, 1.807) is 7.05 Å². The van der Waals surface area contributed by atoms with Crippen LogP contribution in [0.25, 0.3) is 0 Å². The van der Waals surface area contributed by atoms with Crippen molar-refractivity contribution in [3.05, 3.63) is 38.9 Å². The van der Waals surface area contributed by atoms with Crippen molar-refractivity contribution in [2.45, 2.75) is 19.4 Å². The van der Waals surface area contributed by atoms with Crippen molar-refractivity contribution < 1.29 is 18.1 Å². The summed E-state index contributed by atoms with van der Waals surface area (Å²) in [5.41, 5.74) is 0.419. The highest BCUT2D eigenvalue weighted by Gasteiger charge is 2.30. The molecule has 1 fully saturated rings. The van der Waals surface area contributed by atoms with Crippen LogP contribution in [-0.4, -0.2) is 54.8 Å². The van der Waals surface area contributed by atoms with Gasteiger partial charge >= 0.3 is 0 Å². The Balaban J connectivity index is 2.02. The molecule has 1 aromatic rings. The van der Waals surface area contributed by atoms with Crippen molar-refractivity contribution in [3.8, 4) is 0 Å². The SMILES string of the molecule is CN(Cc1cc([N+](=O)[O-])ccc1Cl)C(=O)C1CCN(S(C)(=O)=O)CC1. The molecular weight excluding hydrogens is 370 g/mol. The van der Waals surface area contributed by atoms with Crippen LogP contribution in [-0.2, 0) is 21.4 Å². The third-order valence-electron chi connectivity index (χ3n) is 4.30. The summed E-state index contributed by atoms with van der Waals surface area (Å²) in [7, 11) is -1.62. The maximum atomic E-state index is 12.6. The number of sulfonamides is 1. The lowest BCUT2D eigenvalue weighted by Crippen LogP contribution is -2.42. The van der Waals surface area contributed by atoms with Crippen molar-refractivity contribution >= 4 is 33.2 Å². The van der Waals surface area contributed by atoms with Crippen molar-refractivity contribution in [2.24, 2.45) is 5.92 Å². The Morgan fingerprint density at radius 3 is 2.52 bits per heavy atom. The van der Waals surface area contributed by atoms with Gasteiger partial charge in [0.15, 0.2) is 0 Å². The van der Waals surface area contributed by atoms with Gasteiger partial charge in [-0.2, -0.15) is 0 Å². The number of piperidine rings is 1. The summed E-state index contributed by atoms with van der Waals surface area (Å²) in [5.74, 6) is -0.379. The molecule has 1 heterocycles. The Morgan fingerprint density at radius 2 is 2.00 bits per heavy atom. The number of benzene rings is 1. The fourth-order valence-corrected chi connectivity index (χ4v) is 3.93. The third-order valence-corrected chi connectivity index (χ3v) is 5.97. The normalized spacial score (nSPS) is 16.6. The van der Waals surface area contributed by atoms with Crippen LogP contribution in [0.2, 0.25) is 5.02 Å². The number of amides is 1. The van der Waals surface area contributed by atoms with E-state index in [0.717, 1.165) is 6.26 Å². The number of carbonyl (C=O) groups is 1. The average molecular weight is 390 g/mol. The Hall–Kier alpha value is -1.71. The summed E-state index contributed by atoms with van der Waals surface area (Å²) < 4.78 is 24.4. The molecule has 25 heavy (non-hydrogen) atoms. The smallest absolute Gasteiger partial charge is 0.269 e. The molecule has 8 nitrogen and oxygen atoms in total. The molecule has 0 unspecified atom stereocenters. The first kappa shape index (κ1) is 19.6. The Bertz CT molecular complexity index is 775. The van der Waals surface area contributed by atoms with Crippen LogP contribution in [0.3, 0.4) is 0 Å². The highest BCUT2D eigenvalue weighted by molar-refractivity contribution is 7.88. The molecule has 1 amide bonds. The first-order valence-electron chi connectivity index (χ1n) is 7.72. The maximum absolute atomic E-state index is 12.6. The average Bonchev–Trinajstić information content (AvgIpc) is 2.55. The number of non-ortho nitro benzene ring substituents is 1. The van der Waals surface area contributed by atoms with E-state index in [1.165, 1.54) is 27.4 Å². The molecule has 1 aromatic carbocycles. The summed E-state index contributed by atoms with van der Waals surface area (Å²) in [5, 5.41) is 11.2. The Labute approximate surface area is 151 Å². The van der Waals surface area contributed by atoms with Gasteiger partial charge in [0, 0.05) is 49.8 Å². The molecule has 10 heteroatoms. The molecule has 0 N–H and O–H groups in total. The molecule has 0 atom stereocenters. The number of hydrogen-bond acceptors (Lipinski definition) is 5. The van der Waals surface area contributed by atoms with Crippen LogP contribution in [0.15, 0.2) is 18.2 Å². The fraction of sp³-hybridized carbons (Fsp3) is 0.533. The lowest BCUT2D eigenvalue weighted by atomic mass is 9.96. The van der Waals surface area contributed by atoms with E-state index in [1.807, 2.05) is 0 Å². The first-order chi connectivity index (χ1) is 11.6. The number of rotatable bonds is 5. The summed E-state index contributed by atoms with van der Waals surface area (Å²) in [6, 6.07) is 4.12. The van der Waals surface area contributed by atoms with Gasteiger partial charge in [0.25, 0.3) is 5.69 Å². The van der Waals surface area contributed by atoms with Gasteiger partial charge in [-0.15, -0.1) is 0 Å². The topological polar surface area (TPSA) is 101 Å². The van der Waals surface area contributed by atoms with Gasteiger partial charge in [-0.3, -0.25) is 14.9 Å². The zero-order valence-electron chi connectivity index (χ0n) is 14.0. The number of halogens is 1. The maximum Gasteiger partial charge on any atom is 0.269 e. The van der Waals surface area contributed by atoms with E-state index in [2.05, 4.69) is 0 Å². The largest absolute Gasteiger partial charge is 0.341 e. The van der Waals surface area contributed by atoms with Gasteiger partial charge < -0.3 is 4.90 Å². The monoisotopic (exact) mass is 389 g/mol. The number of nitro groups is 1. The van der Waals surface area contributed by atoms with Gasteiger partial charge in [-0.1, -0.05) is 11.6 Å². The summed E-state index contributed by atoms with van der Waals surface area (Å²) in [6.07, 6.45) is 2.07. The minimum atomic E-state index is -3.24. The molecule has 0 aromatic heterocycles. The van der Waals surface area contributed by atoms with E-state index >= 15 is 0 Å². The first-order valence-corrected chi connectivity index (χ1v) is 9.95. The molecule has 1 aliphatic rings. The Kier molecular flexibility index (Phi) is 6.02. The van der Waals surface area contributed by atoms with Gasteiger partial charge in [0.1, 0.15) is 0 Å². The van der Waals surface area contributed by atoms with Crippen molar-refractivity contribution in [3.63, 3.8) is 0 Å². The van der Waals surface area contributed by atoms with Crippen LogP contribution in [0.5, 0.6) is 0 Å². The molecule has 0 saturated carbocycles. The van der Waals surface area contributed by atoms with Crippen LogP contribution < -0.4 is 0 Å². The molecule has 1 aliphatic heterocycles. The highest BCUT2D eigenvalue weighted by Crippen LogP contribution is 2.25. The lowest BCUT2D eigenvalue weighted by molar-refractivity contribution is -0.384. The summed E-state index contributed by atoms with van der Waals surface area (Å²) in [4.78, 5) is 24.4. The predicted octanol–water partition coefficient (Wildman–Crippen LogP) is 1.88. The fourth-order valence-electron chi connectivity index (χ4n) is 2.88. The van der Waals surface area contributed by atoms with E-state index in [9.17, 15) is 23.3 Å². The van der Waals surface area contributed by atoms with E-state index < -0.39 is 14.9 Å². The van der Waals surface area contributed by atoms with Crippen LogP contribution in [0.4, 0.5) is 5.69 Å². The number of hydrogen-bond donors (Lipinski definition) is 0. The quantitative estimate of drug-likeness (QED) is 0.565. The molecule has 0 aliphatic carbocycles. The second kappa shape index (κ2) is 7.67. The molecule has 0 radical (unpaired) electrons. The minimum absolute atomic E-state index is 0.0818. The summed E-state index contributed by atoms with van der Waals surface area (Å²) in [6.45, 7) is 0.799. The van der Waals surface area contributed by atoms with E-state index in [0.29, 0.717) is 36.5 Å². The van der Waals surface area contributed by atoms with Crippen LogP contribution in [0.1, 0.15) is 18.4 Å². The number of carbonyl (C=O) groups excluding carboxylic acids is 1. The van der Waals surface area contributed by atoms with Crippen molar-refractivity contribution in [1.29, 1.82) is 0 Å².